The molecule has 0 atom stereocenters. The lowest BCUT2D eigenvalue weighted by Gasteiger charge is -2.27. The number of hydrazine groups is 1. The first-order valence-corrected chi connectivity index (χ1v) is 9.48. The van der Waals surface area contributed by atoms with E-state index in [4.69, 9.17) is 9.47 Å². The predicted molar refractivity (Wildman–Crippen MR) is 113 cm³/mol. The van der Waals surface area contributed by atoms with E-state index in [0.29, 0.717) is 11.5 Å². The van der Waals surface area contributed by atoms with Crippen molar-refractivity contribution in [2.24, 2.45) is 0 Å². The molecular weight excluding hydrogens is 382 g/mol. The van der Waals surface area contributed by atoms with Crippen molar-refractivity contribution in [1.29, 1.82) is 0 Å². The Hall–Kier alpha value is -4.00. The van der Waals surface area contributed by atoms with Crippen LogP contribution < -0.4 is 25.6 Å². The fraction of sp³-hybridized carbons (Fsp3) is 0.130. The van der Waals surface area contributed by atoms with E-state index in [1.165, 1.54) is 0 Å². The molecule has 4 rings (SSSR count). The van der Waals surface area contributed by atoms with Gasteiger partial charge in [0.25, 0.3) is 11.8 Å². The molecule has 0 bridgehead atoms. The molecule has 0 spiro atoms. The smallest absolute Gasteiger partial charge is 0.257 e. The van der Waals surface area contributed by atoms with Crippen LogP contribution >= 0.6 is 0 Å². The third kappa shape index (κ3) is 4.05. The highest BCUT2D eigenvalue weighted by Crippen LogP contribution is 2.43. The Bertz CT molecular complexity index is 1020. The van der Waals surface area contributed by atoms with E-state index in [2.05, 4.69) is 16.2 Å². The molecule has 0 radical (unpaired) electrons. The Morgan fingerprint density at radius 2 is 1.47 bits per heavy atom. The van der Waals surface area contributed by atoms with Crippen LogP contribution in [0.5, 0.6) is 17.2 Å². The van der Waals surface area contributed by atoms with Crippen LogP contribution in [0.1, 0.15) is 17.0 Å². The van der Waals surface area contributed by atoms with Crippen molar-refractivity contribution in [1.82, 2.24) is 10.9 Å². The molecule has 3 N–H and O–H groups in total. The van der Waals surface area contributed by atoms with Gasteiger partial charge in [0.1, 0.15) is 17.2 Å². The van der Waals surface area contributed by atoms with E-state index in [1.807, 2.05) is 48.5 Å². The van der Waals surface area contributed by atoms with Gasteiger partial charge in [0.2, 0.25) is 0 Å². The van der Waals surface area contributed by atoms with Crippen LogP contribution in [0, 0.1) is 0 Å². The molecule has 3 aromatic carbocycles. The number of hydrogen-bond acceptors (Lipinski definition) is 5. The van der Waals surface area contributed by atoms with Gasteiger partial charge in [-0.1, -0.05) is 36.4 Å². The minimum atomic E-state index is -0.582. The van der Waals surface area contributed by atoms with Gasteiger partial charge >= 0.3 is 0 Å². The van der Waals surface area contributed by atoms with Crippen LogP contribution in [-0.2, 0) is 9.59 Å². The molecule has 1 heterocycles. The Kier molecular flexibility index (Phi) is 5.52. The SMILES string of the molecule is COc1ccc(NCC(=O)NNC(=O)C2c3ccccc3Oc3ccccc32)cc1. The Morgan fingerprint density at radius 1 is 0.867 bits per heavy atom. The molecule has 30 heavy (non-hydrogen) atoms. The summed E-state index contributed by atoms with van der Waals surface area (Å²) in [4.78, 5) is 25.1. The normalized spacial score (nSPS) is 12.0. The highest BCUT2D eigenvalue weighted by molar-refractivity contribution is 5.91. The second-order valence-corrected chi connectivity index (χ2v) is 6.73. The average Bonchev–Trinajstić information content (AvgIpc) is 2.79. The summed E-state index contributed by atoms with van der Waals surface area (Å²) >= 11 is 0. The lowest BCUT2D eigenvalue weighted by atomic mass is 9.87. The number of benzene rings is 3. The lowest BCUT2D eigenvalue weighted by molar-refractivity contribution is -0.128. The maximum absolute atomic E-state index is 13.0. The van der Waals surface area contributed by atoms with Gasteiger partial charge in [0.05, 0.1) is 19.6 Å². The summed E-state index contributed by atoms with van der Waals surface area (Å²) in [6, 6.07) is 22.0. The standard InChI is InChI=1S/C23H21N3O4/c1-29-16-12-10-15(11-13-16)24-14-21(27)25-26-23(28)22-17-6-2-4-8-19(17)30-20-9-5-3-7-18(20)22/h2-13,22,24H,14H2,1H3,(H,25,27)(H,26,28). The van der Waals surface area contributed by atoms with Crippen molar-refractivity contribution in [2.45, 2.75) is 5.92 Å². The second-order valence-electron chi connectivity index (χ2n) is 6.73. The number of fused-ring (bicyclic) bond motifs is 2. The summed E-state index contributed by atoms with van der Waals surface area (Å²) in [5, 5.41) is 2.99. The molecule has 1 aliphatic heterocycles. The third-order valence-electron chi connectivity index (χ3n) is 4.81. The van der Waals surface area contributed by atoms with Gasteiger partial charge in [0, 0.05) is 16.8 Å². The van der Waals surface area contributed by atoms with Crippen molar-refractivity contribution in [3.05, 3.63) is 83.9 Å². The maximum Gasteiger partial charge on any atom is 0.257 e. The van der Waals surface area contributed by atoms with E-state index in [1.54, 1.807) is 31.4 Å². The van der Waals surface area contributed by atoms with Gasteiger partial charge in [-0.3, -0.25) is 20.4 Å². The number of anilines is 1. The molecule has 1 aliphatic rings. The third-order valence-corrected chi connectivity index (χ3v) is 4.81. The molecular formula is C23H21N3O4. The van der Waals surface area contributed by atoms with Crippen molar-refractivity contribution in [3.8, 4) is 17.2 Å². The highest BCUT2D eigenvalue weighted by atomic mass is 16.5. The van der Waals surface area contributed by atoms with Crippen LogP contribution in [0.4, 0.5) is 5.69 Å². The summed E-state index contributed by atoms with van der Waals surface area (Å²) in [7, 11) is 1.59. The zero-order valence-corrected chi connectivity index (χ0v) is 16.3. The zero-order valence-electron chi connectivity index (χ0n) is 16.3. The van der Waals surface area contributed by atoms with E-state index in [-0.39, 0.29) is 18.4 Å². The van der Waals surface area contributed by atoms with Crippen molar-refractivity contribution in [2.75, 3.05) is 19.0 Å². The molecule has 7 heteroatoms. The molecule has 0 aromatic heterocycles. The molecule has 3 aromatic rings. The van der Waals surface area contributed by atoms with Crippen molar-refractivity contribution < 1.29 is 19.1 Å². The lowest BCUT2D eigenvalue weighted by Crippen LogP contribution is -2.46. The number of carbonyl (C=O) groups excluding carboxylic acids is 2. The quantitative estimate of drug-likeness (QED) is 0.570. The first kappa shape index (κ1) is 19.3. The van der Waals surface area contributed by atoms with Gasteiger partial charge in [-0.15, -0.1) is 0 Å². The highest BCUT2D eigenvalue weighted by Gasteiger charge is 2.32. The van der Waals surface area contributed by atoms with Crippen LogP contribution in [0.3, 0.4) is 0 Å². The van der Waals surface area contributed by atoms with Gasteiger partial charge in [0.15, 0.2) is 0 Å². The number of para-hydroxylation sites is 2. The summed E-state index contributed by atoms with van der Waals surface area (Å²) < 4.78 is 11.0. The number of nitrogens with one attached hydrogen (secondary N) is 3. The molecule has 0 fully saturated rings. The Labute approximate surface area is 174 Å². The minimum absolute atomic E-state index is 0.00750. The van der Waals surface area contributed by atoms with Crippen LogP contribution in [-0.4, -0.2) is 25.5 Å². The second kappa shape index (κ2) is 8.57. The van der Waals surface area contributed by atoms with E-state index in [0.717, 1.165) is 22.6 Å². The number of hydrogen-bond donors (Lipinski definition) is 3. The molecule has 0 saturated carbocycles. The van der Waals surface area contributed by atoms with Crippen LogP contribution in [0.2, 0.25) is 0 Å². The van der Waals surface area contributed by atoms with E-state index in [9.17, 15) is 9.59 Å². The van der Waals surface area contributed by atoms with Crippen LogP contribution in [0.15, 0.2) is 72.8 Å². The molecule has 7 nitrogen and oxygen atoms in total. The Balaban J connectivity index is 1.40. The molecule has 0 unspecified atom stereocenters. The maximum atomic E-state index is 13.0. The summed E-state index contributed by atoms with van der Waals surface area (Å²) in [5.41, 5.74) is 7.27. The molecule has 2 amide bonds. The summed E-state index contributed by atoms with van der Waals surface area (Å²) in [5.74, 6) is 0.701. The monoisotopic (exact) mass is 403 g/mol. The van der Waals surface area contributed by atoms with Crippen LogP contribution in [0.25, 0.3) is 0 Å². The number of rotatable bonds is 5. The first-order chi connectivity index (χ1) is 14.7. The van der Waals surface area contributed by atoms with E-state index < -0.39 is 5.92 Å². The number of carbonyl (C=O) groups is 2. The van der Waals surface area contributed by atoms with E-state index >= 15 is 0 Å². The van der Waals surface area contributed by atoms with Gasteiger partial charge < -0.3 is 14.8 Å². The van der Waals surface area contributed by atoms with Gasteiger partial charge in [-0.2, -0.15) is 0 Å². The van der Waals surface area contributed by atoms with Gasteiger partial charge in [-0.05, 0) is 36.4 Å². The van der Waals surface area contributed by atoms with Crippen molar-refractivity contribution in [3.63, 3.8) is 0 Å². The Morgan fingerprint density at radius 3 is 2.07 bits per heavy atom. The minimum Gasteiger partial charge on any atom is -0.497 e. The average molecular weight is 403 g/mol. The number of amides is 2. The predicted octanol–water partition coefficient (Wildman–Crippen LogP) is 3.19. The first-order valence-electron chi connectivity index (χ1n) is 9.48. The topological polar surface area (TPSA) is 88.7 Å². The summed E-state index contributed by atoms with van der Waals surface area (Å²) in [6.07, 6.45) is 0. The molecule has 0 saturated heterocycles. The number of methoxy groups -OCH3 is 1. The van der Waals surface area contributed by atoms with Gasteiger partial charge in [-0.25, -0.2) is 0 Å². The molecule has 152 valence electrons. The van der Waals surface area contributed by atoms with Crippen molar-refractivity contribution >= 4 is 17.5 Å². The summed E-state index contributed by atoms with van der Waals surface area (Å²) in [6.45, 7) is 0.00750. The zero-order chi connectivity index (χ0) is 20.9. The largest absolute Gasteiger partial charge is 0.497 e. The fourth-order valence-electron chi connectivity index (χ4n) is 3.33. The molecule has 0 aliphatic carbocycles. The fourth-order valence-corrected chi connectivity index (χ4v) is 3.33. The number of ether oxygens (including phenoxy) is 2.